The molecule has 0 radical (unpaired) electrons. The van der Waals surface area contributed by atoms with Gasteiger partial charge in [-0.05, 0) is 49.2 Å². The quantitative estimate of drug-likeness (QED) is 0.595. The first-order valence-electron chi connectivity index (χ1n) is 6.89. The van der Waals surface area contributed by atoms with E-state index in [1.165, 1.54) is 6.07 Å². The maximum Gasteiger partial charge on any atom is 0.355 e. The second kappa shape index (κ2) is 5.52. The summed E-state index contributed by atoms with van der Waals surface area (Å²) in [5, 5.41) is 0.780. The van der Waals surface area contributed by atoms with Crippen molar-refractivity contribution >= 4 is 16.9 Å². The molecular weight excluding hydrogens is 282 g/mol. The van der Waals surface area contributed by atoms with Gasteiger partial charge in [0, 0.05) is 23.2 Å². The molecule has 0 fully saturated rings. The molecule has 22 heavy (non-hydrogen) atoms. The van der Waals surface area contributed by atoms with Gasteiger partial charge >= 0.3 is 11.6 Å². The van der Waals surface area contributed by atoms with Gasteiger partial charge in [-0.3, -0.25) is 0 Å². The lowest BCUT2D eigenvalue weighted by Crippen LogP contribution is -2.08. The molecule has 0 amide bonds. The van der Waals surface area contributed by atoms with Crippen molar-refractivity contribution in [2.24, 2.45) is 0 Å². The normalized spacial score (nSPS) is 10.8. The molecule has 2 aromatic heterocycles. The Bertz CT molecular complexity index is 891. The number of aryl methyl sites for hydroxylation is 2. The van der Waals surface area contributed by atoms with Crippen LogP contribution in [-0.4, -0.2) is 11.0 Å². The summed E-state index contributed by atoms with van der Waals surface area (Å²) in [5.74, 6) is -0.463. The van der Waals surface area contributed by atoms with E-state index in [0.29, 0.717) is 16.8 Å². The van der Waals surface area contributed by atoms with Crippen molar-refractivity contribution in [2.45, 2.75) is 20.5 Å². The second-order valence-electron chi connectivity index (χ2n) is 5.18. The highest BCUT2D eigenvalue weighted by molar-refractivity contribution is 5.87. The molecule has 1 aromatic carbocycles. The topological polar surface area (TPSA) is 72.3 Å². The molecule has 0 saturated carbocycles. The van der Waals surface area contributed by atoms with E-state index in [9.17, 15) is 9.59 Å². The van der Waals surface area contributed by atoms with Crippen LogP contribution in [-0.2, 0) is 11.3 Å². The molecule has 0 aliphatic carbocycles. The largest absolute Gasteiger partial charge is 0.456 e. The summed E-state index contributed by atoms with van der Waals surface area (Å²) in [4.78, 5) is 26.3. The van der Waals surface area contributed by atoms with Crippen LogP contribution >= 0.6 is 0 Å². The summed E-state index contributed by atoms with van der Waals surface area (Å²) in [5.41, 5.74) is 3.17. The van der Waals surface area contributed by atoms with Crippen LogP contribution in [0.15, 0.2) is 45.7 Å². The average molecular weight is 297 g/mol. The van der Waals surface area contributed by atoms with Gasteiger partial charge in [0.05, 0.1) is 0 Å². The molecule has 0 saturated heterocycles. The molecule has 5 nitrogen and oxygen atoms in total. The Kier molecular flexibility index (Phi) is 3.55. The third kappa shape index (κ3) is 2.65. The number of benzene rings is 1. The highest BCUT2D eigenvalue weighted by Gasteiger charge is 2.12. The van der Waals surface area contributed by atoms with E-state index >= 15 is 0 Å². The summed E-state index contributed by atoms with van der Waals surface area (Å²) in [6.45, 7) is 3.95. The van der Waals surface area contributed by atoms with Crippen LogP contribution in [0.2, 0.25) is 0 Å². The lowest BCUT2D eigenvalue weighted by atomic mass is 10.0. The summed E-state index contributed by atoms with van der Waals surface area (Å²) in [6, 6.07) is 8.47. The number of rotatable bonds is 3. The average Bonchev–Trinajstić information content (AvgIpc) is 3.00. The summed E-state index contributed by atoms with van der Waals surface area (Å²) in [7, 11) is 0. The van der Waals surface area contributed by atoms with Crippen molar-refractivity contribution in [3.05, 3.63) is 69.3 Å². The van der Waals surface area contributed by atoms with E-state index in [4.69, 9.17) is 9.15 Å². The van der Waals surface area contributed by atoms with Gasteiger partial charge in [-0.2, -0.15) is 0 Å². The maximum absolute atomic E-state index is 11.9. The van der Waals surface area contributed by atoms with Gasteiger partial charge in [-0.15, -0.1) is 0 Å². The van der Waals surface area contributed by atoms with Gasteiger partial charge in [-0.1, -0.05) is 0 Å². The molecule has 0 spiro atoms. The fraction of sp³-hybridized carbons (Fsp3) is 0.176. The maximum atomic E-state index is 11.9. The summed E-state index contributed by atoms with van der Waals surface area (Å²) in [6.07, 6.45) is 1.65. The first-order valence-corrected chi connectivity index (χ1v) is 6.89. The number of carbonyl (C=O) groups excluding carboxylic acids is 1. The van der Waals surface area contributed by atoms with Gasteiger partial charge in [0.1, 0.15) is 17.9 Å². The fourth-order valence-electron chi connectivity index (χ4n) is 2.28. The molecule has 3 aromatic rings. The van der Waals surface area contributed by atoms with Crippen LogP contribution in [0.1, 0.15) is 27.2 Å². The summed E-state index contributed by atoms with van der Waals surface area (Å²) >= 11 is 0. The van der Waals surface area contributed by atoms with Crippen molar-refractivity contribution in [3.8, 4) is 0 Å². The van der Waals surface area contributed by atoms with Crippen molar-refractivity contribution in [2.75, 3.05) is 0 Å². The number of hydrogen-bond donors (Lipinski definition) is 1. The molecule has 3 rings (SSSR count). The standard InChI is InChI=1S/C17H15NO4/c1-10-6-13-12(8-16(19)22-15(13)7-11(10)2)9-21-17(20)14-4-3-5-18-14/h3-8,18H,9H2,1-2H3. The van der Waals surface area contributed by atoms with E-state index in [2.05, 4.69) is 4.98 Å². The van der Waals surface area contributed by atoms with Gasteiger partial charge in [0.15, 0.2) is 0 Å². The zero-order valence-electron chi connectivity index (χ0n) is 12.3. The first kappa shape index (κ1) is 14.1. The van der Waals surface area contributed by atoms with Gasteiger partial charge < -0.3 is 14.1 Å². The molecule has 0 atom stereocenters. The summed E-state index contributed by atoms with van der Waals surface area (Å²) < 4.78 is 10.5. The van der Waals surface area contributed by atoms with Gasteiger partial charge in [0.25, 0.3) is 0 Å². The van der Waals surface area contributed by atoms with E-state index in [-0.39, 0.29) is 6.61 Å². The Hall–Kier alpha value is -2.82. The Morgan fingerprint density at radius 2 is 2.00 bits per heavy atom. The van der Waals surface area contributed by atoms with E-state index in [1.54, 1.807) is 18.3 Å². The number of esters is 1. The number of ether oxygens (including phenoxy) is 1. The van der Waals surface area contributed by atoms with Crippen LogP contribution in [0.3, 0.4) is 0 Å². The minimum Gasteiger partial charge on any atom is -0.456 e. The minimum absolute atomic E-state index is 0.0163. The number of aromatic nitrogens is 1. The van der Waals surface area contributed by atoms with Crippen molar-refractivity contribution < 1.29 is 13.9 Å². The Labute approximate surface area is 126 Å². The van der Waals surface area contributed by atoms with Crippen molar-refractivity contribution in [1.29, 1.82) is 0 Å². The number of fused-ring (bicyclic) bond motifs is 1. The molecular formula is C17H15NO4. The van der Waals surface area contributed by atoms with E-state index in [0.717, 1.165) is 16.5 Å². The van der Waals surface area contributed by atoms with Crippen LogP contribution in [0, 0.1) is 13.8 Å². The highest BCUT2D eigenvalue weighted by atomic mass is 16.5. The molecule has 0 bridgehead atoms. The number of nitrogens with one attached hydrogen (secondary N) is 1. The Balaban J connectivity index is 1.94. The minimum atomic E-state index is -0.463. The molecule has 0 aliphatic rings. The van der Waals surface area contributed by atoms with E-state index in [1.807, 2.05) is 26.0 Å². The number of carbonyl (C=O) groups is 1. The second-order valence-corrected chi connectivity index (χ2v) is 5.18. The molecule has 1 N–H and O–H groups in total. The van der Waals surface area contributed by atoms with Gasteiger partial charge in [-0.25, -0.2) is 9.59 Å². The van der Waals surface area contributed by atoms with Crippen LogP contribution in [0.25, 0.3) is 11.0 Å². The van der Waals surface area contributed by atoms with E-state index < -0.39 is 11.6 Å². The number of hydrogen-bond acceptors (Lipinski definition) is 4. The highest BCUT2D eigenvalue weighted by Crippen LogP contribution is 2.22. The van der Waals surface area contributed by atoms with Crippen molar-refractivity contribution in [3.63, 3.8) is 0 Å². The lowest BCUT2D eigenvalue weighted by molar-refractivity contribution is 0.0467. The molecule has 2 heterocycles. The van der Waals surface area contributed by atoms with Crippen LogP contribution in [0.4, 0.5) is 0 Å². The smallest absolute Gasteiger partial charge is 0.355 e. The predicted molar refractivity (Wildman–Crippen MR) is 81.9 cm³/mol. The number of aromatic amines is 1. The zero-order valence-corrected chi connectivity index (χ0v) is 12.3. The third-order valence-corrected chi connectivity index (χ3v) is 3.62. The SMILES string of the molecule is Cc1cc2oc(=O)cc(COC(=O)c3ccc[nH]3)c2cc1C. The van der Waals surface area contributed by atoms with Crippen molar-refractivity contribution in [1.82, 2.24) is 4.98 Å². The molecule has 0 aliphatic heterocycles. The van der Waals surface area contributed by atoms with Gasteiger partial charge in [0.2, 0.25) is 0 Å². The van der Waals surface area contributed by atoms with Crippen LogP contribution < -0.4 is 5.63 Å². The monoisotopic (exact) mass is 297 g/mol. The predicted octanol–water partition coefficient (Wildman–Crippen LogP) is 3.09. The van der Waals surface area contributed by atoms with Crippen LogP contribution in [0.5, 0.6) is 0 Å². The fourth-order valence-corrected chi connectivity index (χ4v) is 2.28. The molecule has 0 unspecified atom stereocenters. The third-order valence-electron chi connectivity index (χ3n) is 3.62. The molecule has 5 heteroatoms. The number of H-pyrrole nitrogens is 1. The molecule has 112 valence electrons. The zero-order chi connectivity index (χ0) is 15.7. The Morgan fingerprint density at radius 3 is 2.73 bits per heavy atom. The first-order chi connectivity index (χ1) is 10.5. The Morgan fingerprint density at radius 1 is 1.23 bits per heavy atom. The lowest BCUT2D eigenvalue weighted by Gasteiger charge is -2.08.